The maximum absolute atomic E-state index is 13.5. The second-order valence-corrected chi connectivity index (χ2v) is 8.84. The highest BCUT2D eigenvalue weighted by atomic mass is 127. The molecule has 158 valence electrons. The van der Waals surface area contributed by atoms with Gasteiger partial charge in [-0.25, -0.2) is 4.98 Å². The molecule has 5 aromatic rings. The smallest absolute Gasteiger partial charge is 0.266 e. The summed E-state index contributed by atoms with van der Waals surface area (Å²) in [6, 6.07) is 19.6. The van der Waals surface area contributed by atoms with E-state index in [1.54, 1.807) is 11.7 Å². The number of benzene rings is 3. The molecule has 0 aliphatic heterocycles. The Labute approximate surface area is 198 Å². The lowest BCUT2D eigenvalue weighted by atomic mass is 10.1. The highest BCUT2D eigenvalue weighted by Gasteiger charge is 2.12. The quantitative estimate of drug-likeness (QED) is 0.290. The fraction of sp³-hybridized carbons (Fsp3) is 0.0769. The van der Waals surface area contributed by atoms with Crippen molar-refractivity contribution in [2.24, 2.45) is 0 Å². The maximum atomic E-state index is 13.5. The highest BCUT2D eigenvalue weighted by Crippen LogP contribution is 2.25. The maximum Gasteiger partial charge on any atom is 0.266 e. The van der Waals surface area contributed by atoms with Gasteiger partial charge in [0.05, 0.1) is 23.7 Å². The number of nitrogens with zero attached hydrogens (tertiary/aromatic N) is 2. The van der Waals surface area contributed by atoms with Crippen LogP contribution in [-0.2, 0) is 0 Å². The first kappa shape index (κ1) is 20.5. The van der Waals surface area contributed by atoms with Crippen molar-refractivity contribution in [3.05, 3.63) is 97.7 Å². The molecule has 0 saturated heterocycles. The van der Waals surface area contributed by atoms with Gasteiger partial charge in [-0.1, -0.05) is 17.7 Å². The Morgan fingerprint density at radius 3 is 2.59 bits per heavy atom. The van der Waals surface area contributed by atoms with Crippen molar-refractivity contribution < 1.29 is 4.74 Å². The van der Waals surface area contributed by atoms with E-state index in [0.717, 1.165) is 37.0 Å². The zero-order valence-electron chi connectivity index (χ0n) is 17.6. The molecule has 2 aromatic heterocycles. The average Bonchev–Trinajstić information content (AvgIpc) is 3.21. The summed E-state index contributed by atoms with van der Waals surface area (Å²) in [5.41, 5.74) is 4.52. The van der Waals surface area contributed by atoms with Crippen molar-refractivity contribution in [2.45, 2.75) is 6.92 Å². The normalized spacial score (nSPS) is 11.6. The van der Waals surface area contributed by atoms with Crippen molar-refractivity contribution in [2.75, 3.05) is 7.11 Å². The minimum atomic E-state index is -0.0855. The monoisotopic (exact) mass is 533 g/mol. The molecule has 0 fully saturated rings. The predicted octanol–water partition coefficient (Wildman–Crippen LogP) is 5.96. The summed E-state index contributed by atoms with van der Waals surface area (Å²) in [6.07, 6.45) is 5.81. The van der Waals surface area contributed by atoms with Crippen molar-refractivity contribution in [1.29, 1.82) is 0 Å². The molecule has 5 nitrogen and oxygen atoms in total. The van der Waals surface area contributed by atoms with Crippen molar-refractivity contribution in [1.82, 2.24) is 14.5 Å². The molecule has 1 N–H and O–H groups in total. The Kier molecular flexibility index (Phi) is 5.30. The van der Waals surface area contributed by atoms with Gasteiger partial charge in [0, 0.05) is 26.2 Å². The number of rotatable bonds is 4. The minimum absolute atomic E-state index is 0.0855. The molecule has 0 atom stereocenters. The van der Waals surface area contributed by atoms with Crippen LogP contribution in [0.4, 0.5) is 0 Å². The first-order valence-corrected chi connectivity index (χ1v) is 11.2. The van der Waals surface area contributed by atoms with E-state index in [4.69, 9.17) is 9.72 Å². The number of nitrogens with one attached hydrogen (secondary N) is 1. The van der Waals surface area contributed by atoms with Gasteiger partial charge in [-0.2, -0.15) is 0 Å². The molecular weight excluding hydrogens is 513 g/mol. The number of methoxy groups -OCH3 is 1. The van der Waals surface area contributed by atoms with Crippen LogP contribution in [0.5, 0.6) is 5.75 Å². The number of aromatic nitrogens is 3. The lowest BCUT2D eigenvalue weighted by molar-refractivity contribution is 0.415. The molecule has 0 radical (unpaired) electrons. The number of ether oxygens (including phenoxy) is 1. The van der Waals surface area contributed by atoms with E-state index in [0.29, 0.717) is 16.7 Å². The van der Waals surface area contributed by atoms with Crippen LogP contribution in [0.3, 0.4) is 0 Å². The minimum Gasteiger partial charge on any atom is -0.497 e. The molecule has 2 heterocycles. The molecule has 3 aromatic carbocycles. The Balaban J connectivity index is 1.71. The molecule has 0 aliphatic rings. The summed E-state index contributed by atoms with van der Waals surface area (Å²) in [5.74, 6) is 1.37. The predicted molar refractivity (Wildman–Crippen MR) is 139 cm³/mol. The summed E-state index contributed by atoms with van der Waals surface area (Å²) >= 11 is 2.22. The van der Waals surface area contributed by atoms with Crippen LogP contribution in [0.1, 0.15) is 17.0 Å². The van der Waals surface area contributed by atoms with Crippen molar-refractivity contribution in [3.8, 4) is 11.4 Å². The Morgan fingerprint density at radius 2 is 1.81 bits per heavy atom. The van der Waals surface area contributed by atoms with Gasteiger partial charge >= 0.3 is 0 Å². The van der Waals surface area contributed by atoms with E-state index >= 15 is 0 Å². The van der Waals surface area contributed by atoms with E-state index in [1.165, 1.54) is 0 Å². The number of fused-ring (bicyclic) bond motifs is 2. The summed E-state index contributed by atoms with van der Waals surface area (Å²) in [4.78, 5) is 21.6. The zero-order chi connectivity index (χ0) is 22.2. The van der Waals surface area contributed by atoms with E-state index in [-0.39, 0.29) is 5.56 Å². The van der Waals surface area contributed by atoms with Crippen LogP contribution in [0.25, 0.3) is 39.6 Å². The van der Waals surface area contributed by atoms with Gasteiger partial charge in [0.15, 0.2) is 0 Å². The molecule has 0 spiro atoms. The SMILES string of the molecule is COc1ccc2[nH]cc(/C=C/c3nc4ccc(I)cc4c(=O)n3-c3ccc(C)cc3)c2c1. The van der Waals surface area contributed by atoms with Gasteiger partial charge in [0.1, 0.15) is 11.6 Å². The zero-order valence-corrected chi connectivity index (χ0v) is 19.8. The third-order valence-electron chi connectivity index (χ3n) is 5.48. The number of hydrogen-bond donors (Lipinski definition) is 1. The molecule has 32 heavy (non-hydrogen) atoms. The van der Waals surface area contributed by atoms with Crippen LogP contribution in [0.2, 0.25) is 0 Å². The third kappa shape index (κ3) is 3.71. The number of hydrogen-bond acceptors (Lipinski definition) is 3. The molecule has 0 saturated carbocycles. The first-order chi connectivity index (χ1) is 15.5. The van der Waals surface area contributed by atoms with E-state index in [2.05, 4.69) is 27.6 Å². The van der Waals surface area contributed by atoms with Gasteiger partial charge in [-0.05, 0) is 90.2 Å². The summed E-state index contributed by atoms with van der Waals surface area (Å²) in [5, 5.41) is 1.65. The fourth-order valence-electron chi connectivity index (χ4n) is 3.78. The standard InChI is InChI=1S/C26H20IN3O2/c1-16-3-7-19(8-4-16)30-25(29-24-10-6-18(27)13-22(24)26(30)31)12-5-17-15-28-23-11-9-20(32-2)14-21(17)23/h3-15,28H,1-2H3/b12-5+. The molecule has 0 bridgehead atoms. The fourth-order valence-corrected chi connectivity index (χ4v) is 4.27. The second-order valence-electron chi connectivity index (χ2n) is 7.60. The van der Waals surface area contributed by atoms with Gasteiger partial charge in [0.25, 0.3) is 5.56 Å². The Bertz CT molecular complexity index is 1550. The second kappa shape index (κ2) is 8.27. The number of aryl methyl sites for hydroxylation is 1. The van der Waals surface area contributed by atoms with Gasteiger partial charge in [0.2, 0.25) is 0 Å². The molecule has 0 amide bonds. The summed E-state index contributed by atoms with van der Waals surface area (Å²) < 4.78 is 8.04. The summed E-state index contributed by atoms with van der Waals surface area (Å²) in [7, 11) is 1.66. The lowest BCUT2D eigenvalue weighted by Crippen LogP contribution is -2.22. The number of halogens is 1. The molecular formula is C26H20IN3O2. The largest absolute Gasteiger partial charge is 0.497 e. The van der Waals surface area contributed by atoms with E-state index in [9.17, 15) is 4.79 Å². The summed E-state index contributed by atoms with van der Waals surface area (Å²) in [6.45, 7) is 2.03. The van der Waals surface area contributed by atoms with Crippen LogP contribution in [-0.4, -0.2) is 21.6 Å². The lowest BCUT2D eigenvalue weighted by Gasteiger charge is -2.12. The Hall–Kier alpha value is -3.39. The van der Waals surface area contributed by atoms with Gasteiger partial charge < -0.3 is 9.72 Å². The van der Waals surface area contributed by atoms with E-state index < -0.39 is 0 Å². The van der Waals surface area contributed by atoms with Crippen molar-refractivity contribution in [3.63, 3.8) is 0 Å². The Morgan fingerprint density at radius 1 is 1.00 bits per heavy atom. The topological polar surface area (TPSA) is 59.9 Å². The van der Waals surface area contributed by atoms with Crippen LogP contribution < -0.4 is 10.3 Å². The van der Waals surface area contributed by atoms with Crippen LogP contribution in [0, 0.1) is 10.5 Å². The van der Waals surface area contributed by atoms with Crippen LogP contribution >= 0.6 is 22.6 Å². The van der Waals surface area contributed by atoms with Crippen molar-refractivity contribution >= 4 is 56.5 Å². The van der Waals surface area contributed by atoms with E-state index in [1.807, 2.05) is 85.9 Å². The highest BCUT2D eigenvalue weighted by molar-refractivity contribution is 14.1. The number of H-pyrrole nitrogens is 1. The average molecular weight is 533 g/mol. The molecule has 6 heteroatoms. The third-order valence-corrected chi connectivity index (χ3v) is 6.15. The van der Waals surface area contributed by atoms with Gasteiger partial charge in [-0.3, -0.25) is 9.36 Å². The first-order valence-electron chi connectivity index (χ1n) is 10.2. The van der Waals surface area contributed by atoms with Crippen LogP contribution in [0.15, 0.2) is 71.7 Å². The molecule has 0 unspecified atom stereocenters. The molecule has 0 aliphatic carbocycles. The molecule has 5 rings (SSSR count). The van der Waals surface area contributed by atoms with Gasteiger partial charge in [-0.15, -0.1) is 0 Å². The number of aromatic amines is 1.